The lowest BCUT2D eigenvalue weighted by molar-refractivity contribution is -0.139. The van der Waals surface area contributed by atoms with E-state index in [1.165, 1.54) is 0 Å². The molecule has 104 valence electrons. The van der Waals surface area contributed by atoms with Crippen molar-refractivity contribution in [3.63, 3.8) is 0 Å². The van der Waals surface area contributed by atoms with Crippen LogP contribution < -0.4 is 10.6 Å². The summed E-state index contributed by atoms with van der Waals surface area (Å²) < 4.78 is 0. The molecular weight excluding hydrogens is 264 g/mol. The van der Waals surface area contributed by atoms with Crippen molar-refractivity contribution in [2.24, 2.45) is 0 Å². The van der Waals surface area contributed by atoms with E-state index in [0.717, 1.165) is 5.56 Å². The second kappa shape index (κ2) is 7.68. The summed E-state index contributed by atoms with van der Waals surface area (Å²) in [5, 5.41) is 14.1. The van der Waals surface area contributed by atoms with Gasteiger partial charge in [0.25, 0.3) is 0 Å². The topological polar surface area (TPSA) is 78.4 Å². The molecule has 0 bridgehead atoms. The number of hydrogen-bond donors (Lipinski definition) is 3. The second-order valence-corrected chi connectivity index (χ2v) is 5.13. The van der Waals surface area contributed by atoms with Crippen LogP contribution in [0.4, 0.5) is 10.5 Å². The predicted octanol–water partition coefficient (Wildman–Crippen LogP) is 2.32. The van der Waals surface area contributed by atoms with E-state index in [1.54, 1.807) is 17.8 Å². The average Bonchev–Trinajstić information content (AvgIpc) is 2.34. The van der Waals surface area contributed by atoms with Crippen molar-refractivity contribution >= 4 is 29.4 Å². The molecule has 19 heavy (non-hydrogen) atoms. The summed E-state index contributed by atoms with van der Waals surface area (Å²) in [5.74, 6) is -0.338. The van der Waals surface area contributed by atoms with Gasteiger partial charge in [-0.05, 0) is 43.0 Å². The minimum atomic E-state index is -1.02. The molecule has 0 heterocycles. The Kier molecular flexibility index (Phi) is 6.21. The van der Waals surface area contributed by atoms with Crippen molar-refractivity contribution in [1.29, 1.82) is 0 Å². The normalized spacial score (nSPS) is 11.7. The van der Waals surface area contributed by atoms with Crippen LogP contribution in [0.5, 0.6) is 0 Å². The van der Waals surface area contributed by atoms with Crippen LogP contribution in [0.3, 0.4) is 0 Å². The van der Waals surface area contributed by atoms with Gasteiger partial charge >= 0.3 is 12.0 Å². The number of carboxylic acid groups (broad SMARTS) is 1. The quantitative estimate of drug-likeness (QED) is 0.748. The summed E-state index contributed by atoms with van der Waals surface area (Å²) in [6.45, 7) is 1.92. The maximum absolute atomic E-state index is 11.7. The molecule has 6 heteroatoms. The molecule has 5 nitrogen and oxygen atoms in total. The fourth-order valence-corrected chi connectivity index (χ4v) is 2.01. The first-order valence-corrected chi connectivity index (χ1v) is 7.28. The molecule has 0 aliphatic heterocycles. The summed E-state index contributed by atoms with van der Waals surface area (Å²) in [4.78, 5) is 22.7. The molecule has 1 atom stereocenters. The molecule has 0 unspecified atom stereocenters. The number of rotatable bonds is 6. The predicted molar refractivity (Wildman–Crippen MR) is 77.8 cm³/mol. The Morgan fingerprint density at radius 3 is 2.74 bits per heavy atom. The van der Waals surface area contributed by atoms with E-state index in [-0.39, 0.29) is 0 Å². The summed E-state index contributed by atoms with van der Waals surface area (Å²) in [5.41, 5.74) is 1.67. The van der Waals surface area contributed by atoms with E-state index in [1.807, 2.05) is 31.4 Å². The first-order valence-electron chi connectivity index (χ1n) is 5.89. The standard InChI is InChI=1S/C13H18N2O3S/c1-9-4-3-5-10(8-9)14-13(18)15-11(12(16)17)6-7-19-2/h3-5,8,11H,6-7H2,1-2H3,(H,16,17)(H2,14,15,18)/t11-/m0/s1. The molecule has 1 aromatic carbocycles. The maximum atomic E-state index is 11.7. The SMILES string of the molecule is CSCC[C@H](NC(=O)Nc1cccc(C)c1)C(=O)O. The number of urea groups is 1. The lowest BCUT2D eigenvalue weighted by atomic mass is 10.2. The number of benzene rings is 1. The van der Waals surface area contributed by atoms with Crippen molar-refractivity contribution < 1.29 is 14.7 Å². The van der Waals surface area contributed by atoms with Crippen molar-refractivity contribution in [2.75, 3.05) is 17.3 Å². The van der Waals surface area contributed by atoms with Gasteiger partial charge in [-0.1, -0.05) is 12.1 Å². The maximum Gasteiger partial charge on any atom is 0.326 e. The van der Waals surface area contributed by atoms with E-state index in [2.05, 4.69) is 10.6 Å². The third-order valence-electron chi connectivity index (χ3n) is 2.49. The van der Waals surface area contributed by atoms with Gasteiger partial charge in [0.15, 0.2) is 0 Å². The average molecular weight is 282 g/mol. The number of hydrogen-bond acceptors (Lipinski definition) is 3. The highest BCUT2D eigenvalue weighted by molar-refractivity contribution is 7.98. The molecule has 0 aliphatic carbocycles. The molecule has 3 N–H and O–H groups in total. The van der Waals surface area contributed by atoms with Crippen LogP contribution in [0.15, 0.2) is 24.3 Å². The van der Waals surface area contributed by atoms with E-state index >= 15 is 0 Å². The van der Waals surface area contributed by atoms with Crippen LogP contribution in [-0.4, -0.2) is 35.2 Å². The fraction of sp³-hybridized carbons (Fsp3) is 0.385. The first kappa shape index (κ1) is 15.4. The number of carboxylic acids is 1. The number of amides is 2. The monoisotopic (exact) mass is 282 g/mol. The summed E-state index contributed by atoms with van der Waals surface area (Å²) >= 11 is 1.55. The highest BCUT2D eigenvalue weighted by atomic mass is 32.2. The smallest absolute Gasteiger partial charge is 0.326 e. The van der Waals surface area contributed by atoms with Gasteiger partial charge in [0.2, 0.25) is 0 Å². The van der Waals surface area contributed by atoms with Gasteiger partial charge in [0.1, 0.15) is 6.04 Å². The van der Waals surface area contributed by atoms with Gasteiger partial charge in [-0.25, -0.2) is 9.59 Å². The molecule has 0 saturated heterocycles. The van der Waals surface area contributed by atoms with Crippen LogP contribution in [0.1, 0.15) is 12.0 Å². The van der Waals surface area contributed by atoms with E-state index in [9.17, 15) is 9.59 Å². The molecule has 0 radical (unpaired) electrons. The van der Waals surface area contributed by atoms with Crippen molar-refractivity contribution in [2.45, 2.75) is 19.4 Å². The zero-order valence-corrected chi connectivity index (χ0v) is 11.8. The zero-order valence-electron chi connectivity index (χ0n) is 11.0. The third kappa shape index (κ3) is 5.65. The number of nitrogens with one attached hydrogen (secondary N) is 2. The van der Waals surface area contributed by atoms with Crippen molar-refractivity contribution in [1.82, 2.24) is 5.32 Å². The molecule has 2 amide bonds. The van der Waals surface area contributed by atoms with Crippen LogP contribution in [0.25, 0.3) is 0 Å². The second-order valence-electron chi connectivity index (χ2n) is 4.14. The summed E-state index contributed by atoms with van der Waals surface area (Å²) in [6.07, 6.45) is 2.30. The van der Waals surface area contributed by atoms with Crippen molar-refractivity contribution in [3.05, 3.63) is 29.8 Å². The number of aliphatic carboxylic acids is 1. The van der Waals surface area contributed by atoms with Gasteiger partial charge in [-0.2, -0.15) is 11.8 Å². The molecule has 0 fully saturated rings. The lowest BCUT2D eigenvalue weighted by Crippen LogP contribution is -2.43. The van der Waals surface area contributed by atoms with Crippen LogP contribution in [0.2, 0.25) is 0 Å². The summed E-state index contributed by atoms with van der Waals surface area (Å²) in [7, 11) is 0. The van der Waals surface area contributed by atoms with E-state index in [0.29, 0.717) is 17.9 Å². The van der Waals surface area contributed by atoms with Gasteiger partial charge < -0.3 is 15.7 Å². The Hall–Kier alpha value is -1.69. The van der Waals surface area contributed by atoms with Gasteiger partial charge in [0.05, 0.1) is 0 Å². The Balaban J connectivity index is 2.55. The zero-order chi connectivity index (χ0) is 14.3. The fourth-order valence-electron chi connectivity index (χ4n) is 1.54. The Morgan fingerprint density at radius 1 is 1.42 bits per heavy atom. The van der Waals surface area contributed by atoms with Crippen LogP contribution in [-0.2, 0) is 4.79 Å². The number of carbonyl (C=O) groups is 2. The Bertz CT molecular complexity index is 451. The number of carbonyl (C=O) groups excluding carboxylic acids is 1. The van der Waals surface area contributed by atoms with Gasteiger partial charge in [0, 0.05) is 5.69 Å². The van der Waals surface area contributed by atoms with Gasteiger partial charge in [-0.15, -0.1) is 0 Å². The molecule has 0 aliphatic rings. The van der Waals surface area contributed by atoms with Gasteiger partial charge in [-0.3, -0.25) is 0 Å². The molecule has 0 spiro atoms. The van der Waals surface area contributed by atoms with Crippen LogP contribution in [0, 0.1) is 6.92 Å². The Labute approximate surface area is 116 Å². The molecule has 1 aromatic rings. The van der Waals surface area contributed by atoms with E-state index < -0.39 is 18.0 Å². The van der Waals surface area contributed by atoms with Crippen LogP contribution >= 0.6 is 11.8 Å². The molecular formula is C13H18N2O3S. The molecule has 1 rings (SSSR count). The summed E-state index contributed by atoms with van der Waals surface area (Å²) in [6, 6.07) is 5.95. The lowest BCUT2D eigenvalue weighted by Gasteiger charge is -2.14. The molecule has 0 saturated carbocycles. The number of anilines is 1. The minimum absolute atomic E-state index is 0.401. The highest BCUT2D eigenvalue weighted by Crippen LogP contribution is 2.09. The minimum Gasteiger partial charge on any atom is -0.480 e. The molecule has 0 aromatic heterocycles. The highest BCUT2D eigenvalue weighted by Gasteiger charge is 2.19. The largest absolute Gasteiger partial charge is 0.480 e. The first-order chi connectivity index (χ1) is 9.02. The number of thioether (sulfide) groups is 1. The third-order valence-corrected chi connectivity index (χ3v) is 3.13. The Morgan fingerprint density at radius 2 is 2.16 bits per heavy atom. The van der Waals surface area contributed by atoms with Crippen molar-refractivity contribution in [3.8, 4) is 0 Å². The number of aryl methyl sites for hydroxylation is 1. The van der Waals surface area contributed by atoms with E-state index in [4.69, 9.17) is 5.11 Å².